The van der Waals surface area contributed by atoms with E-state index >= 15 is 0 Å². The molecule has 0 aliphatic heterocycles. The number of unbranched alkanes of at least 4 members (excludes halogenated alkanes) is 3. The molecule has 0 aromatic carbocycles. The quantitative estimate of drug-likeness (QED) is 0.175. The molecule has 0 aromatic rings. The number of hydrogen-bond acceptors (Lipinski definition) is 2. The van der Waals surface area contributed by atoms with Crippen molar-refractivity contribution in [3.05, 3.63) is 10.2 Å². The second-order valence-electron chi connectivity index (χ2n) is 8.11. The summed E-state index contributed by atoms with van der Waals surface area (Å²) in [6.45, 7) is 15.4. The fraction of sp³-hybridized carbons (Fsp3) is 0.909. The van der Waals surface area contributed by atoms with Crippen LogP contribution in [0.1, 0.15) is 93.4 Å². The maximum atomic E-state index is 5.97. The van der Waals surface area contributed by atoms with Crippen LogP contribution in [-0.2, 0) is 9.47 Å². The Morgan fingerprint density at radius 2 is 1.12 bits per heavy atom. The van der Waals surface area contributed by atoms with Crippen LogP contribution in [0, 0.1) is 0 Å². The molecule has 0 heterocycles. The van der Waals surface area contributed by atoms with Gasteiger partial charge in [-0.3, -0.25) is 0 Å². The van der Waals surface area contributed by atoms with Gasteiger partial charge in [0, 0.05) is 0 Å². The summed E-state index contributed by atoms with van der Waals surface area (Å²) >= 11 is -2.15. The predicted octanol–water partition coefficient (Wildman–Crippen LogP) is 7.50. The Labute approximate surface area is 163 Å². The van der Waals surface area contributed by atoms with Crippen molar-refractivity contribution in [3.63, 3.8) is 0 Å². The van der Waals surface area contributed by atoms with Crippen LogP contribution in [-0.4, -0.2) is 36.9 Å². The predicted molar refractivity (Wildman–Crippen MR) is 115 cm³/mol. The topological polar surface area (TPSA) is 18.5 Å². The van der Waals surface area contributed by atoms with Crippen LogP contribution in [0.5, 0.6) is 0 Å². The molecule has 0 rings (SSSR count). The first-order chi connectivity index (χ1) is 11.9. The number of rotatable bonds is 16. The molecule has 3 heteroatoms. The molecule has 0 aliphatic rings. The van der Waals surface area contributed by atoms with Crippen molar-refractivity contribution in [2.45, 2.75) is 125 Å². The van der Waals surface area contributed by atoms with Crippen molar-refractivity contribution in [3.8, 4) is 0 Å². The molecule has 0 saturated heterocycles. The van der Waals surface area contributed by atoms with Crippen molar-refractivity contribution in [2.75, 3.05) is 0 Å². The Morgan fingerprint density at radius 3 is 1.44 bits per heavy atom. The summed E-state index contributed by atoms with van der Waals surface area (Å²) in [6, 6.07) is 0. The van der Waals surface area contributed by atoms with E-state index in [1.54, 1.807) is 0 Å². The Morgan fingerprint density at radius 1 is 0.720 bits per heavy atom. The van der Waals surface area contributed by atoms with Gasteiger partial charge in [0.1, 0.15) is 0 Å². The molecule has 0 atom stereocenters. The van der Waals surface area contributed by atoms with Crippen LogP contribution in [0.15, 0.2) is 10.2 Å². The third-order valence-electron chi connectivity index (χ3n) is 4.73. The van der Waals surface area contributed by atoms with Crippen LogP contribution in [0.3, 0.4) is 0 Å². The van der Waals surface area contributed by atoms with Gasteiger partial charge >= 0.3 is 163 Å². The fourth-order valence-electron chi connectivity index (χ4n) is 3.39. The van der Waals surface area contributed by atoms with Gasteiger partial charge in [-0.15, -0.1) is 0 Å². The molecular weight excluding hydrogens is 415 g/mol. The summed E-state index contributed by atoms with van der Waals surface area (Å²) in [4.78, 5) is 0. The van der Waals surface area contributed by atoms with E-state index < -0.39 is 18.4 Å². The summed E-state index contributed by atoms with van der Waals surface area (Å²) in [5.74, 6) is 0. The maximum absolute atomic E-state index is 5.97. The zero-order valence-electron chi connectivity index (χ0n) is 18.3. The summed E-state index contributed by atoms with van der Waals surface area (Å²) in [5.41, 5.74) is 0. The number of hydrogen-bond donors (Lipinski definition) is 0. The average Bonchev–Trinajstić information content (AvgIpc) is 2.54. The van der Waals surface area contributed by atoms with Crippen molar-refractivity contribution < 1.29 is 9.47 Å². The average molecular weight is 461 g/mol. The molecular formula is C22H46O2Sn. The molecule has 0 spiro atoms. The van der Waals surface area contributed by atoms with Gasteiger partial charge in [0.05, 0.1) is 0 Å². The van der Waals surface area contributed by atoms with Crippen molar-refractivity contribution in [1.82, 2.24) is 0 Å². The van der Waals surface area contributed by atoms with E-state index in [4.69, 9.17) is 9.47 Å². The van der Waals surface area contributed by atoms with E-state index in [2.05, 4.69) is 58.6 Å². The van der Waals surface area contributed by atoms with Gasteiger partial charge in [0.15, 0.2) is 0 Å². The zero-order valence-corrected chi connectivity index (χ0v) is 21.1. The molecule has 0 unspecified atom stereocenters. The first-order valence-corrected chi connectivity index (χ1v) is 18.6. The molecule has 0 amide bonds. The van der Waals surface area contributed by atoms with E-state index in [9.17, 15) is 0 Å². The van der Waals surface area contributed by atoms with Gasteiger partial charge in [0.25, 0.3) is 0 Å². The Bertz CT molecular complexity index is 294. The van der Waals surface area contributed by atoms with Crippen LogP contribution in [0.25, 0.3) is 0 Å². The van der Waals surface area contributed by atoms with E-state index in [1.807, 2.05) is 0 Å². The standard InChI is InChI=1S/C10H19O2.3C4H9.Sn/c1-6-7-10(11-8(2)3)12-9(4)5;3*1-3-4-2;/h1,6,8-10H,7H2,2-5H3;3*1,3-4H2,2H3;. The SMILES string of the molecule is CCC[CH2][Sn](/[CH]=C\CC(OC(C)C)OC(C)C)([CH2]CCC)[CH2]CCC. The van der Waals surface area contributed by atoms with Crippen LogP contribution < -0.4 is 0 Å². The summed E-state index contributed by atoms with van der Waals surface area (Å²) in [5, 5.41) is 0. The van der Waals surface area contributed by atoms with Gasteiger partial charge in [-0.1, -0.05) is 0 Å². The van der Waals surface area contributed by atoms with Gasteiger partial charge in [-0.2, -0.15) is 0 Å². The first-order valence-electron chi connectivity index (χ1n) is 10.9. The molecule has 25 heavy (non-hydrogen) atoms. The molecule has 0 radical (unpaired) electrons. The molecule has 0 aliphatic carbocycles. The normalized spacial score (nSPS) is 13.0. The van der Waals surface area contributed by atoms with Gasteiger partial charge in [-0.25, -0.2) is 0 Å². The minimum atomic E-state index is -2.15. The van der Waals surface area contributed by atoms with E-state index in [0.29, 0.717) is 0 Å². The Balaban J connectivity index is 5.02. The summed E-state index contributed by atoms with van der Waals surface area (Å²) in [6.07, 6.45) is 11.9. The molecule has 0 N–H and O–H groups in total. The monoisotopic (exact) mass is 462 g/mol. The molecule has 0 fully saturated rings. The molecule has 0 bridgehead atoms. The van der Waals surface area contributed by atoms with Crippen molar-refractivity contribution >= 4 is 18.4 Å². The van der Waals surface area contributed by atoms with Gasteiger partial charge in [-0.05, 0) is 0 Å². The van der Waals surface area contributed by atoms with E-state index in [-0.39, 0.29) is 18.5 Å². The Kier molecular flexibility index (Phi) is 15.8. The third kappa shape index (κ3) is 13.3. The second-order valence-corrected chi connectivity index (χ2v) is 21.1. The van der Waals surface area contributed by atoms with Crippen LogP contribution >= 0.6 is 0 Å². The van der Waals surface area contributed by atoms with Crippen LogP contribution in [0.4, 0.5) is 0 Å². The fourth-order valence-corrected chi connectivity index (χ4v) is 17.8. The minimum absolute atomic E-state index is 0.0937. The van der Waals surface area contributed by atoms with E-state index in [0.717, 1.165) is 6.42 Å². The van der Waals surface area contributed by atoms with Gasteiger partial charge in [0.2, 0.25) is 0 Å². The first kappa shape index (κ1) is 25.5. The summed E-state index contributed by atoms with van der Waals surface area (Å²) < 4.78 is 19.3. The van der Waals surface area contributed by atoms with Crippen molar-refractivity contribution in [1.29, 1.82) is 0 Å². The second kappa shape index (κ2) is 15.5. The molecule has 150 valence electrons. The molecule has 0 saturated carbocycles. The number of ether oxygens (including phenoxy) is 2. The molecule has 0 aromatic heterocycles. The van der Waals surface area contributed by atoms with Crippen molar-refractivity contribution in [2.24, 2.45) is 0 Å². The van der Waals surface area contributed by atoms with Gasteiger partial charge < -0.3 is 0 Å². The summed E-state index contributed by atoms with van der Waals surface area (Å²) in [7, 11) is 0. The van der Waals surface area contributed by atoms with E-state index in [1.165, 1.54) is 51.8 Å². The molecule has 2 nitrogen and oxygen atoms in total. The van der Waals surface area contributed by atoms with Crippen LogP contribution in [0.2, 0.25) is 13.3 Å². The zero-order chi connectivity index (χ0) is 19.1. The third-order valence-corrected chi connectivity index (χ3v) is 19.0. The Hall–Kier alpha value is 0.459.